The SMILES string of the molecule is COC(=O)CCC/C=C\C[C@H]1C(=O)C[C@@H](OC2CCCCO2)[C@@H]1/C=C/[C@@H](O[Si](c1ccccc1)(c1ccccc1)C(C)(C)C)c1cc2ccccc2s1. The maximum absolute atomic E-state index is 13.8. The minimum absolute atomic E-state index is 0.146. The van der Waals surface area contributed by atoms with Gasteiger partial charge in [0.2, 0.25) is 0 Å². The zero-order chi connectivity index (χ0) is 37.3. The van der Waals surface area contributed by atoms with Gasteiger partial charge in [-0.15, -0.1) is 11.3 Å². The van der Waals surface area contributed by atoms with Crippen LogP contribution in [0.25, 0.3) is 10.1 Å². The summed E-state index contributed by atoms with van der Waals surface area (Å²) in [4.78, 5) is 26.5. The second kappa shape index (κ2) is 18.1. The third kappa shape index (κ3) is 9.35. The lowest BCUT2D eigenvalue weighted by molar-refractivity contribution is -0.192. The zero-order valence-electron chi connectivity index (χ0n) is 31.6. The highest BCUT2D eigenvalue weighted by Crippen LogP contribution is 2.43. The first-order chi connectivity index (χ1) is 25.7. The molecular formula is C45H54O6SSi. The van der Waals surface area contributed by atoms with E-state index in [4.69, 9.17) is 18.6 Å². The van der Waals surface area contributed by atoms with Crippen LogP contribution in [0.5, 0.6) is 0 Å². The largest absolute Gasteiger partial charge is 0.469 e. The summed E-state index contributed by atoms with van der Waals surface area (Å²) in [6, 6.07) is 32.3. The molecule has 6 rings (SSSR count). The van der Waals surface area contributed by atoms with Crippen LogP contribution in [-0.4, -0.2) is 46.2 Å². The third-order valence-electron chi connectivity index (χ3n) is 10.7. The van der Waals surface area contributed by atoms with Crippen LogP contribution in [0.3, 0.4) is 0 Å². The Balaban J connectivity index is 1.39. The van der Waals surface area contributed by atoms with Gasteiger partial charge in [-0.25, -0.2) is 0 Å². The van der Waals surface area contributed by atoms with Crippen LogP contribution < -0.4 is 10.4 Å². The van der Waals surface area contributed by atoms with E-state index >= 15 is 0 Å². The number of carbonyl (C=O) groups excluding carboxylic acids is 2. The Bertz CT molecular complexity index is 1770. The number of fused-ring (bicyclic) bond motifs is 1. The molecule has 1 saturated heterocycles. The average molecular weight is 751 g/mol. The Hall–Kier alpha value is -3.66. The van der Waals surface area contributed by atoms with Crippen molar-refractivity contribution in [3.63, 3.8) is 0 Å². The van der Waals surface area contributed by atoms with Gasteiger partial charge >= 0.3 is 5.97 Å². The number of rotatable bonds is 15. The van der Waals surface area contributed by atoms with Crippen molar-refractivity contribution in [1.29, 1.82) is 0 Å². The lowest BCUT2D eigenvalue weighted by Gasteiger charge is -2.44. The Morgan fingerprint density at radius 1 is 0.962 bits per heavy atom. The Morgan fingerprint density at radius 2 is 1.66 bits per heavy atom. The summed E-state index contributed by atoms with van der Waals surface area (Å²) < 4.78 is 26.5. The van der Waals surface area contributed by atoms with E-state index in [2.05, 4.69) is 136 Å². The number of esters is 1. The predicted octanol–water partition coefficient (Wildman–Crippen LogP) is 9.48. The van der Waals surface area contributed by atoms with Gasteiger partial charge in [-0.3, -0.25) is 9.59 Å². The summed E-state index contributed by atoms with van der Waals surface area (Å²) in [7, 11) is -1.54. The molecule has 0 bridgehead atoms. The average Bonchev–Trinajstić information content (AvgIpc) is 3.73. The van der Waals surface area contributed by atoms with Crippen molar-refractivity contribution in [3.8, 4) is 0 Å². The van der Waals surface area contributed by atoms with Gasteiger partial charge in [0.25, 0.3) is 8.32 Å². The normalized spacial score (nSPS) is 21.8. The van der Waals surface area contributed by atoms with E-state index in [1.807, 2.05) is 0 Å². The number of hydrogen-bond donors (Lipinski definition) is 0. The van der Waals surface area contributed by atoms with Crippen molar-refractivity contribution in [2.24, 2.45) is 11.8 Å². The maximum atomic E-state index is 13.8. The highest BCUT2D eigenvalue weighted by Gasteiger charge is 2.52. The van der Waals surface area contributed by atoms with Crippen molar-refractivity contribution in [3.05, 3.63) is 120 Å². The quantitative estimate of drug-likeness (QED) is 0.0522. The van der Waals surface area contributed by atoms with E-state index in [1.165, 1.54) is 27.6 Å². The number of methoxy groups -OCH3 is 1. The first-order valence-corrected chi connectivity index (χ1v) is 21.9. The number of ether oxygens (including phenoxy) is 3. The molecule has 2 heterocycles. The first kappa shape index (κ1) is 39.0. The number of Topliss-reactive ketones (excluding diaryl/α,β-unsaturated/α-hetero) is 1. The molecule has 0 radical (unpaired) electrons. The molecule has 0 spiro atoms. The lowest BCUT2D eigenvalue weighted by Crippen LogP contribution is -2.66. The number of unbranched alkanes of at least 4 members (excludes halogenated alkanes) is 1. The smallest absolute Gasteiger partial charge is 0.305 e. The number of hydrogen-bond acceptors (Lipinski definition) is 7. The Morgan fingerprint density at radius 3 is 2.30 bits per heavy atom. The van der Waals surface area contributed by atoms with Gasteiger partial charge < -0.3 is 18.6 Å². The fraction of sp³-hybridized carbons (Fsp3) is 0.422. The van der Waals surface area contributed by atoms with E-state index in [1.54, 1.807) is 11.3 Å². The minimum atomic E-state index is -2.96. The number of benzene rings is 3. The maximum Gasteiger partial charge on any atom is 0.305 e. The van der Waals surface area contributed by atoms with Gasteiger partial charge in [-0.1, -0.05) is 124 Å². The van der Waals surface area contributed by atoms with Crippen molar-refractivity contribution < 1.29 is 28.2 Å². The monoisotopic (exact) mass is 750 g/mol. The number of carbonyl (C=O) groups is 2. The van der Waals surface area contributed by atoms with Crippen LogP contribution in [0.4, 0.5) is 0 Å². The van der Waals surface area contributed by atoms with E-state index in [-0.39, 0.29) is 47.1 Å². The van der Waals surface area contributed by atoms with Crippen molar-refractivity contribution in [1.82, 2.24) is 0 Å². The molecule has 1 aromatic heterocycles. The molecule has 0 amide bonds. The number of allylic oxidation sites excluding steroid dienone is 2. The molecule has 2 fully saturated rings. The lowest BCUT2D eigenvalue weighted by atomic mass is 9.90. The second-order valence-electron chi connectivity index (χ2n) is 15.3. The van der Waals surface area contributed by atoms with Gasteiger partial charge in [0.15, 0.2) is 6.29 Å². The Labute approximate surface area is 320 Å². The fourth-order valence-electron chi connectivity index (χ4n) is 7.93. The molecule has 1 saturated carbocycles. The summed E-state index contributed by atoms with van der Waals surface area (Å²) in [5, 5.41) is 3.42. The zero-order valence-corrected chi connectivity index (χ0v) is 33.4. The van der Waals surface area contributed by atoms with Crippen LogP contribution in [0.15, 0.2) is 115 Å². The molecule has 0 N–H and O–H groups in total. The first-order valence-electron chi connectivity index (χ1n) is 19.2. The second-order valence-corrected chi connectivity index (χ2v) is 20.6. The standard InChI is InChI=1S/C45H54O6SSi/c1-45(2,3)53(34-20-9-7-10-21-34,35-22-11-8-12-23-35)51-39(42-31-33-19-15-16-25-41(33)52-42)29-28-37-36(24-13-5-6-14-26-43(47)48-4)38(46)32-40(37)50-44-27-17-18-30-49-44/h5,7-13,15-16,19-23,25,28-29,31,36-37,39-40,44H,6,14,17-18,24,26-27,30,32H2,1-4H3/b13-5-,29-28+/t36-,37-,39-,40-,44?/m1/s1. The van der Waals surface area contributed by atoms with Crippen LogP contribution >= 0.6 is 11.3 Å². The van der Waals surface area contributed by atoms with Gasteiger partial charge in [-0.2, -0.15) is 0 Å². The summed E-state index contributed by atoms with van der Waals surface area (Å²) in [6.45, 7) is 7.61. The molecule has 8 heteroatoms. The highest BCUT2D eigenvalue weighted by atomic mass is 32.1. The van der Waals surface area contributed by atoms with E-state index in [0.29, 0.717) is 32.3 Å². The highest BCUT2D eigenvalue weighted by molar-refractivity contribution is 7.19. The molecule has 4 aromatic rings. The van der Waals surface area contributed by atoms with Crippen molar-refractivity contribution in [2.45, 2.75) is 95.7 Å². The Kier molecular flexibility index (Phi) is 13.3. The molecular weight excluding hydrogens is 697 g/mol. The number of ketones is 1. The summed E-state index contributed by atoms with van der Waals surface area (Å²) in [5.74, 6) is -0.362. The topological polar surface area (TPSA) is 71.1 Å². The van der Waals surface area contributed by atoms with E-state index in [9.17, 15) is 9.59 Å². The molecule has 1 aliphatic carbocycles. The van der Waals surface area contributed by atoms with Gasteiger partial charge in [0, 0.05) is 40.9 Å². The van der Waals surface area contributed by atoms with Crippen molar-refractivity contribution >= 4 is 51.9 Å². The molecule has 6 nitrogen and oxygen atoms in total. The van der Waals surface area contributed by atoms with Gasteiger partial charge in [-0.05, 0) is 71.5 Å². The predicted molar refractivity (Wildman–Crippen MR) is 217 cm³/mol. The van der Waals surface area contributed by atoms with E-state index < -0.39 is 8.32 Å². The van der Waals surface area contributed by atoms with Crippen LogP contribution in [0.1, 0.15) is 83.1 Å². The molecule has 53 heavy (non-hydrogen) atoms. The summed E-state index contributed by atoms with van der Waals surface area (Å²) in [6.07, 6.45) is 13.4. The molecule has 3 aromatic carbocycles. The molecule has 5 atom stereocenters. The molecule has 1 unspecified atom stereocenters. The molecule has 2 aliphatic rings. The van der Waals surface area contributed by atoms with Gasteiger partial charge in [0.05, 0.1) is 19.3 Å². The minimum Gasteiger partial charge on any atom is -0.469 e. The fourth-order valence-corrected chi connectivity index (χ4v) is 13.7. The summed E-state index contributed by atoms with van der Waals surface area (Å²) >= 11 is 1.77. The van der Waals surface area contributed by atoms with Crippen LogP contribution in [0, 0.1) is 11.8 Å². The molecule has 1 aliphatic heterocycles. The van der Waals surface area contributed by atoms with Gasteiger partial charge in [0.1, 0.15) is 5.78 Å². The van der Waals surface area contributed by atoms with Crippen LogP contribution in [-0.2, 0) is 28.2 Å². The van der Waals surface area contributed by atoms with E-state index in [0.717, 1.165) is 30.6 Å². The molecule has 280 valence electrons. The number of thiophene rings is 1. The van der Waals surface area contributed by atoms with Crippen molar-refractivity contribution in [2.75, 3.05) is 13.7 Å². The van der Waals surface area contributed by atoms with Crippen LogP contribution in [0.2, 0.25) is 5.04 Å². The summed E-state index contributed by atoms with van der Waals surface area (Å²) in [5.41, 5.74) is 0. The third-order valence-corrected chi connectivity index (χ3v) is 16.9.